The van der Waals surface area contributed by atoms with Gasteiger partial charge in [0.2, 0.25) is 21.1 Å². The summed E-state index contributed by atoms with van der Waals surface area (Å²) in [7, 11) is -4.12. The Morgan fingerprint density at radius 1 is 1.43 bits per heavy atom. The summed E-state index contributed by atoms with van der Waals surface area (Å²) >= 11 is 8.01. The number of nitrogens with zero attached hydrogens (tertiary/aromatic N) is 3. The Morgan fingerprint density at radius 3 is 2.67 bits per heavy atom. The molecule has 0 aliphatic carbocycles. The van der Waals surface area contributed by atoms with E-state index in [1.54, 1.807) is 6.08 Å². The van der Waals surface area contributed by atoms with Crippen LogP contribution >= 0.6 is 34.7 Å². The number of rotatable bonds is 8. The van der Waals surface area contributed by atoms with Gasteiger partial charge in [-0.25, -0.2) is 8.42 Å². The summed E-state index contributed by atoms with van der Waals surface area (Å²) in [5.41, 5.74) is -1.56. The van der Waals surface area contributed by atoms with Crippen molar-refractivity contribution in [1.29, 1.82) is 0 Å². The van der Waals surface area contributed by atoms with Gasteiger partial charge in [0.05, 0.1) is 22.5 Å². The third-order valence-corrected chi connectivity index (χ3v) is 7.10. The smallest absolute Gasteiger partial charge is 0.299 e. The van der Waals surface area contributed by atoms with Crippen molar-refractivity contribution in [3.05, 3.63) is 41.4 Å². The van der Waals surface area contributed by atoms with Crippen LogP contribution in [0.1, 0.15) is 12.5 Å². The zero-order valence-electron chi connectivity index (χ0n) is 15.6. The number of halogens is 4. The molecule has 0 bridgehead atoms. The maximum atomic E-state index is 13.2. The van der Waals surface area contributed by atoms with Crippen LogP contribution in [-0.4, -0.2) is 42.6 Å². The fourth-order valence-corrected chi connectivity index (χ4v) is 5.24. The highest BCUT2D eigenvalue weighted by molar-refractivity contribution is 8.01. The number of hydrogen-bond donors (Lipinski definition) is 1. The molecular weight excluding hydrogens is 485 g/mol. The number of thioether (sulfide) groups is 1. The number of carbonyl (C=O) groups is 1. The van der Waals surface area contributed by atoms with Crippen LogP contribution < -0.4 is 9.62 Å². The first-order chi connectivity index (χ1) is 13.8. The molecule has 164 valence electrons. The van der Waals surface area contributed by atoms with Gasteiger partial charge in [0.15, 0.2) is 4.34 Å². The van der Waals surface area contributed by atoms with Crippen LogP contribution in [-0.2, 0) is 21.0 Å². The van der Waals surface area contributed by atoms with Crippen LogP contribution in [0.4, 0.5) is 24.0 Å². The average Bonchev–Trinajstić information content (AvgIpc) is 3.06. The van der Waals surface area contributed by atoms with Crippen LogP contribution in [0.15, 0.2) is 35.2 Å². The number of amides is 1. The van der Waals surface area contributed by atoms with Crippen molar-refractivity contribution >= 4 is 61.4 Å². The number of hydrogen-bond acceptors (Lipinski definition) is 7. The number of benzene rings is 1. The maximum Gasteiger partial charge on any atom is 0.417 e. The fraction of sp³-hybridized carbons (Fsp3) is 0.312. The third-order valence-electron chi connectivity index (χ3n) is 3.56. The van der Waals surface area contributed by atoms with Crippen molar-refractivity contribution in [3.8, 4) is 0 Å². The maximum absolute atomic E-state index is 13.2. The second kappa shape index (κ2) is 9.54. The third kappa shape index (κ3) is 6.09. The SMILES string of the molecule is C=CCSc1nnc(NC(=O)C(C)N(c2ccc(Cl)c(C(F)(F)F)c2)S(C)(=O)=O)s1. The minimum absolute atomic E-state index is 0.124. The van der Waals surface area contributed by atoms with Gasteiger partial charge in [-0.3, -0.25) is 14.4 Å². The molecule has 0 aliphatic rings. The Kier molecular flexibility index (Phi) is 7.77. The van der Waals surface area contributed by atoms with E-state index in [0.29, 0.717) is 20.5 Å². The number of nitrogens with one attached hydrogen (secondary N) is 1. The summed E-state index contributed by atoms with van der Waals surface area (Å²) in [5, 5.41) is 9.62. The first-order valence-electron chi connectivity index (χ1n) is 8.08. The Balaban J connectivity index is 2.32. The topological polar surface area (TPSA) is 92.3 Å². The van der Waals surface area contributed by atoms with Crippen LogP contribution in [0, 0.1) is 0 Å². The summed E-state index contributed by atoms with van der Waals surface area (Å²) in [4.78, 5) is 12.6. The molecule has 0 fully saturated rings. The van der Waals surface area contributed by atoms with Crippen molar-refractivity contribution in [3.63, 3.8) is 0 Å². The molecule has 0 radical (unpaired) electrons. The number of alkyl halides is 3. The largest absolute Gasteiger partial charge is 0.417 e. The van der Waals surface area contributed by atoms with Gasteiger partial charge in [0.1, 0.15) is 6.04 Å². The van der Waals surface area contributed by atoms with E-state index in [1.165, 1.54) is 18.7 Å². The molecule has 2 aromatic rings. The molecule has 1 atom stereocenters. The lowest BCUT2D eigenvalue weighted by atomic mass is 10.1. The van der Waals surface area contributed by atoms with Gasteiger partial charge in [-0.1, -0.05) is 40.8 Å². The van der Waals surface area contributed by atoms with Crippen LogP contribution in [0.25, 0.3) is 0 Å². The minimum atomic E-state index is -4.80. The number of carbonyl (C=O) groups excluding carboxylic acids is 1. The number of sulfonamides is 1. The van der Waals surface area contributed by atoms with E-state index in [0.717, 1.165) is 29.7 Å². The quantitative estimate of drug-likeness (QED) is 0.330. The highest BCUT2D eigenvalue weighted by atomic mass is 35.5. The minimum Gasteiger partial charge on any atom is -0.299 e. The summed E-state index contributed by atoms with van der Waals surface area (Å²) < 4.78 is 65.2. The van der Waals surface area contributed by atoms with Gasteiger partial charge in [0.25, 0.3) is 0 Å². The van der Waals surface area contributed by atoms with Crippen LogP contribution in [0.3, 0.4) is 0 Å². The molecule has 0 spiro atoms. The first-order valence-corrected chi connectivity index (χ1v) is 12.1. The molecule has 14 heteroatoms. The second-order valence-electron chi connectivity index (χ2n) is 5.86. The van der Waals surface area contributed by atoms with Crippen molar-refractivity contribution in [2.24, 2.45) is 0 Å². The summed E-state index contributed by atoms with van der Waals surface area (Å²) in [6, 6.07) is 1.23. The highest BCUT2D eigenvalue weighted by Gasteiger charge is 2.36. The molecule has 2 rings (SSSR count). The van der Waals surface area contributed by atoms with Gasteiger partial charge >= 0.3 is 6.18 Å². The average molecular weight is 501 g/mol. The molecule has 30 heavy (non-hydrogen) atoms. The van der Waals surface area contributed by atoms with Crippen molar-refractivity contribution in [2.45, 2.75) is 23.5 Å². The number of aromatic nitrogens is 2. The molecule has 1 aromatic carbocycles. The molecule has 1 aromatic heterocycles. The van der Waals surface area contributed by atoms with E-state index < -0.39 is 38.7 Å². The van der Waals surface area contributed by atoms with Gasteiger partial charge < -0.3 is 0 Å². The molecule has 0 aliphatic heterocycles. The molecule has 1 unspecified atom stereocenters. The van der Waals surface area contributed by atoms with Crippen LogP contribution in [0.5, 0.6) is 0 Å². The van der Waals surface area contributed by atoms with Crippen LogP contribution in [0.2, 0.25) is 5.02 Å². The number of anilines is 2. The lowest BCUT2D eigenvalue weighted by Crippen LogP contribution is -2.45. The Bertz CT molecular complexity index is 1040. The summed E-state index contributed by atoms with van der Waals surface area (Å²) in [6.07, 6.45) is -2.35. The van der Waals surface area contributed by atoms with E-state index >= 15 is 0 Å². The Morgan fingerprint density at radius 2 is 2.10 bits per heavy atom. The zero-order valence-corrected chi connectivity index (χ0v) is 18.8. The fourth-order valence-electron chi connectivity index (χ4n) is 2.34. The van der Waals surface area contributed by atoms with Gasteiger partial charge in [-0.15, -0.1) is 16.8 Å². The van der Waals surface area contributed by atoms with Gasteiger partial charge in [-0.2, -0.15) is 13.2 Å². The van der Waals surface area contributed by atoms with E-state index in [2.05, 4.69) is 22.1 Å². The van der Waals surface area contributed by atoms with Crippen molar-refractivity contribution < 1.29 is 26.4 Å². The standard InChI is InChI=1S/C16H16ClF3N4O3S3/c1-4-7-28-15-23-22-14(29-15)21-13(25)9(2)24(30(3,26)27)10-5-6-12(17)11(8-10)16(18,19)20/h4-6,8-9H,1,7H2,2-3H3,(H,21,22,25). The van der Waals surface area contributed by atoms with Gasteiger partial charge in [-0.05, 0) is 25.1 Å². The Labute approximate surface area is 184 Å². The predicted octanol–water partition coefficient (Wildman–Crippen LogP) is 4.28. The van der Waals surface area contributed by atoms with E-state index in [9.17, 15) is 26.4 Å². The van der Waals surface area contributed by atoms with E-state index in [1.807, 2.05) is 0 Å². The van der Waals surface area contributed by atoms with Gasteiger partial charge in [0, 0.05) is 5.75 Å². The molecule has 1 N–H and O–H groups in total. The van der Waals surface area contributed by atoms with Crippen molar-refractivity contribution in [1.82, 2.24) is 10.2 Å². The highest BCUT2D eigenvalue weighted by Crippen LogP contribution is 2.38. The Hall–Kier alpha value is -1.83. The molecule has 0 saturated carbocycles. The zero-order chi connectivity index (χ0) is 22.7. The lowest BCUT2D eigenvalue weighted by molar-refractivity contribution is -0.137. The molecule has 0 saturated heterocycles. The predicted molar refractivity (Wildman–Crippen MR) is 113 cm³/mol. The molecular formula is C16H16ClF3N4O3S3. The monoisotopic (exact) mass is 500 g/mol. The summed E-state index contributed by atoms with van der Waals surface area (Å²) in [6.45, 7) is 4.82. The lowest BCUT2D eigenvalue weighted by Gasteiger charge is -2.28. The molecule has 7 nitrogen and oxygen atoms in total. The normalized spacial score (nSPS) is 13.0. The second-order valence-corrected chi connectivity index (χ2v) is 10.4. The first kappa shape index (κ1) is 24.4. The van der Waals surface area contributed by atoms with E-state index in [-0.39, 0.29) is 10.8 Å². The van der Waals surface area contributed by atoms with Crippen molar-refractivity contribution in [2.75, 3.05) is 21.6 Å². The summed E-state index contributed by atoms with van der Waals surface area (Å²) in [5.74, 6) is -0.209. The molecule has 1 heterocycles. The molecule has 1 amide bonds. The van der Waals surface area contributed by atoms with E-state index in [4.69, 9.17) is 11.6 Å².